The van der Waals surface area contributed by atoms with Crippen LogP contribution in [0.1, 0.15) is 0 Å². The van der Waals surface area contributed by atoms with Crippen molar-refractivity contribution in [3.8, 4) is 0 Å². The molecule has 0 bridgehead atoms. The van der Waals surface area contributed by atoms with Gasteiger partial charge in [0.05, 0.1) is 5.32 Å². The normalized spacial score (nSPS) is 8.29. The maximum absolute atomic E-state index is 9.62. The van der Waals surface area contributed by atoms with Crippen LogP contribution in [0.3, 0.4) is 0 Å². The highest BCUT2D eigenvalue weighted by Crippen LogP contribution is 1.28. The lowest BCUT2D eigenvalue weighted by molar-refractivity contribution is -0.588. The molecule has 0 aromatic carbocycles. The van der Waals surface area contributed by atoms with Gasteiger partial charge in [-0.25, -0.2) is 0 Å². The predicted octanol–water partition coefficient (Wildman–Crippen LogP) is -4.37. The number of nitrogens with one attached hydrogen (secondary N) is 1. The molecule has 0 aliphatic heterocycles. The van der Waals surface area contributed by atoms with E-state index in [1.54, 1.807) is 5.32 Å². The van der Waals surface area contributed by atoms with E-state index in [0.29, 0.717) is 0 Å². The first kappa shape index (κ1) is 6.22. The third-order valence-corrected chi connectivity index (χ3v) is 0.246. The Balaban J connectivity index is 3.32. The number of nitrogens with two attached hydrogens (primary N) is 2. The van der Waals surface area contributed by atoms with Crippen LogP contribution in [0.5, 0.6) is 0 Å². The van der Waals surface area contributed by atoms with Gasteiger partial charge in [0.1, 0.15) is 0 Å². The summed E-state index contributed by atoms with van der Waals surface area (Å²) in [5.41, 5.74) is 8.88. The molecule has 0 rings (SSSR count). The second kappa shape index (κ2) is 2.40. The average molecular weight is 103 g/mol. The van der Waals surface area contributed by atoms with Crippen molar-refractivity contribution < 1.29 is 26.4 Å². The van der Waals surface area contributed by atoms with E-state index in [1.807, 2.05) is 0 Å². The molecule has 0 atom stereocenters. The average Bonchev–Trinajstić information content (AvgIpc) is 1.27. The Kier molecular flexibility index (Phi) is 2.14. The van der Waals surface area contributed by atoms with E-state index in [2.05, 4.69) is 11.5 Å². The van der Waals surface area contributed by atoms with Crippen molar-refractivity contribution in [3.05, 3.63) is 0 Å². The number of hydrogen-bond donors (Lipinski definition) is 3. The smallest absolute Gasteiger partial charge is 0.161 e. The van der Waals surface area contributed by atoms with Crippen molar-refractivity contribution in [2.24, 2.45) is 0 Å². The maximum atomic E-state index is 9.62. The molecule has 0 aromatic rings. The number of amides is 4. The molecule has 7 heavy (non-hydrogen) atoms. The molecule has 5 nitrogen and oxygen atoms in total. The lowest BCUT2D eigenvalue weighted by Gasteiger charge is -1.59. The zero-order valence-electron chi connectivity index (χ0n) is 3.47. The predicted molar refractivity (Wildman–Crippen MR) is 15.6 cm³/mol. The number of rotatable bonds is 0. The first-order valence-corrected chi connectivity index (χ1v) is 1.49. The highest BCUT2D eigenvalue weighted by Gasteiger charge is 2.21. The molecular formula is C2H5N3O2+3. The summed E-state index contributed by atoms with van der Waals surface area (Å²) in [6.45, 7) is 0. The summed E-state index contributed by atoms with van der Waals surface area (Å²) in [4.78, 5) is 19.2. The lowest BCUT2D eigenvalue weighted by Crippen LogP contribution is -3.08. The van der Waals surface area contributed by atoms with Gasteiger partial charge in [0.25, 0.3) is 0 Å². The maximum Gasteiger partial charge on any atom is 0.621 e. The first-order valence-electron chi connectivity index (χ1n) is 1.49. The van der Waals surface area contributed by atoms with Gasteiger partial charge < -0.3 is 0 Å². The van der Waals surface area contributed by atoms with Crippen LogP contribution in [0.25, 0.3) is 0 Å². The molecule has 4 amide bonds. The van der Waals surface area contributed by atoms with Gasteiger partial charge in [-0.2, -0.15) is 9.59 Å². The number of primary amides is 2. The summed E-state index contributed by atoms with van der Waals surface area (Å²) in [6, 6.07) is -1.88. The summed E-state index contributed by atoms with van der Waals surface area (Å²) in [6.07, 6.45) is 0. The molecule has 0 fully saturated rings. The molecule has 0 saturated carbocycles. The Labute approximate surface area is 39.7 Å². The van der Waals surface area contributed by atoms with Gasteiger partial charge in [-0.3, -0.25) is 0 Å². The van der Waals surface area contributed by atoms with Crippen molar-refractivity contribution in [2.75, 3.05) is 0 Å². The van der Waals surface area contributed by atoms with Crippen LogP contribution in [-0.2, 0) is 0 Å². The molecule has 3 radical (unpaired) electrons. The Bertz CT molecular complexity index is 87.1. The fourth-order valence-electron chi connectivity index (χ4n) is 0.121. The highest BCUT2D eigenvalue weighted by atomic mass is 16.2. The SMILES string of the molecule is [NH2+]C(=O)[NH+]C([NH2+])=O. The van der Waals surface area contributed by atoms with Crippen molar-refractivity contribution in [2.45, 2.75) is 0 Å². The van der Waals surface area contributed by atoms with Crippen molar-refractivity contribution >= 4 is 12.1 Å². The number of hydrogen-bond acceptors (Lipinski definition) is 2. The van der Waals surface area contributed by atoms with Crippen LogP contribution in [0, 0.1) is 0 Å². The molecule has 37 valence electrons. The minimum atomic E-state index is -0.938. The van der Waals surface area contributed by atoms with Crippen LogP contribution in [-0.4, -0.2) is 12.1 Å². The Morgan fingerprint density at radius 1 is 1.14 bits per heavy atom. The second-order valence-electron chi connectivity index (χ2n) is 0.854. The molecular weight excluding hydrogens is 98.0 g/mol. The van der Waals surface area contributed by atoms with Gasteiger partial charge in [0, 0.05) is 0 Å². The molecule has 0 spiro atoms. The van der Waals surface area contributed by atoms with Crippen molar-refractivity contribution in [3.63, 3.8) is 0 Å². The van der Waals surface area contributed by atoms with Crippen LogP contribution < -0.4 is 16.8 Å². The fourth-order valence-corrected chi connectivity index (χ4v) is 0.121. The molecule has 0 aromatic heterocycles. The van der Waals surface area contributed by atoms with Gasteiger partial charge in [0.15, 0.2) is 0 Å². The minimum absolute atomic E-state index is 0.937. The van der Waals surface area contributed by atoms with Crippen LogP contribution in [0.4, 0.5) is 9.59 Å². The van der Waals surface area contributed by atoms with Crippen LogP contribution >= 0.6 is 0 Å². The van der Waals surface area contributed by atoms with E-state index in [9.17, 15) is 9.59 Å². The van der Waals surface area contributed by atoms with Gasteiger partial charge in [-0.15, -0.1) is 0 Å². The summed E-state index contributed by atoms with van der Waals surface area (Å²) < 4.78 is 0. The molecule has 5 N–H and O–H groups in total. The van der Waals surface area contributed by atoms with Crippen LogP contribution in [0.15, 0.2) is 0 Å². The third kappa shape index (κ3) is 5.22. The van der Waals surface area contributed by atoms with E-state index in [1.165, 1.54) is 0 Å². The summed E-state index contributed by atoms with van der Waals surface area (Å²) in [7, 11) is 0. The molecule has 0 aliphatic carbocycles. The summed E-state index contributed by atoms with van der Waals surface area (Å²) >= 11 is 0. The molecule has 5 heteroatoms. The molecule has 0 unspecified atom stereocenters. The number of imide groups is 1. The summed E-state index contributed by atoms with van der Waals surface area (Å²) in [5, 5.41) is 1.58. The van der Waals surface area contributed by atoms with E-state index < -0.39 is 12.1 Å². The summed E-state index contributed by atoms with van der Waals surface area (Å²) in [5.74, 6) is 0. The minimum Gasteiger partial charge on any atom is -0.161 e. The van der Waals surface area contributed by atoms with E-state index in [0.717, 1.165) is 0 Å². The highest BCUT2D eigenvalue weighted by molar-refractivity contribution is 5.64. The van der Waals surface area contributed by atoms with E-state index in [-0.39, 0.29) is 0 Å². The quantitative estimate of drug-likeness (QED) is 0.288. The molecule has 0 heterocycles. The standard InChI is InChI=1S/C2H5N3O2/c3-1(6)5-2(4)7/h5H,3-4H2/q+3. The Morgan fingerprint density at radius 3 is 1.43 bits per heavy atom. The number of carbonyl (C=O) groups is 2. The Hall–Kier alpha value is -0.780. The van der Waals surface area contributed by atoms with Gasteiger partial charge in [-0.1, -0.05) is 11.5 Å². The Morgan fingerprint density at radius 2 is 1.43 bits per heavy atom. The first-order chi connectivity index (χ1) is 3.13. The number of urea groups is 2. The van der Waals surface area contributed by atoms with Crippen molar-refractivity contribution in [1.29, 1.82) is 0 Å². The van der Waals surface area contributed by atoms with Gasteiger partial charge >= 0.3 is 12.1 Å². The molecule has 0 saturated heterocycles. The second-order valence-corrected chi connectivity index (χ2v) is 0.854. The van der Waals surface area contributed by atoms with Gasteiger partial charge in [0.2, 0.25) is 0 Å². The lowest BCUT2D eigenvalue weighted by atomic mass is 10.9. The zero-order chi connectivity index (χ0) is 5.86. The van der Waals surface area contributed by atoms with Crippen LogP contribution in [0.2, 0.25) is 0 Å². The van der Waals surface area contributed by atoms with Crippen molar-refractivity contribution in [1.82, 2.24) is 0 Å². The van der Waals surface area contributed by atoms with E-state index >= 15 is 0 Å². The molecule has 0 aliphatic rings. The van der Waals surface area contributed by atoms with Gasteiger partial charge in [-0.05, 0) is 0 Å². The topological polar surface area (TPSA) is 100 Å². The van der Waals surface area contributed by atoms with E-state index in [4.69, 9.17) is 0 Å². The fraction of sp³-hybridized carbons (Fsp3) is 0. The zero-order valence-corrected chi connectivity index (χ0v) is 3.47. The third-order valence-electron chi connectivity index (χ3n) is 0.246. The largest absolute Gasteiger partial charge is 0.621 e. The number of carbonyl (C=O) groups excluding carboxylic acids is 2. The monoisotopic (exact) mass is 103 g/mol.